The summed E-state index contributed by atoms with van der Waals surface area (Å²) in [6.45, 7) is 4.49. The molecule has 1 aromatic carbocycles. The van der Waals surface area contributed by atoms with E-state index < -0.39 is 5.69 Å². The Labute approximate surface area is 128 Å². The van der Waals surface area contributed by atoms with E-state index in [9.17, 15) is 9.59 Å². The Bertz CT molecular complexity index is 694. The summed E-state index contributed by atoms with van der Waals surface area (Å²) in [6, 6.07) is 11.9. The Morgan fingerprint density at radius 1 is 0.955 bits per heavy atom. The molecule has 1 aliphatic heterocycles. The van der Waals surface area contributed by atoms with Gasteiger partial charge in [-0.15, -0.1) is 0 Å². The van der Waals surface area contributed by atoms with E-state index in [1.807, 2.05) is 6.07 Å². The highest BCUT2D eigenvalue weighted by Gasteiger charge is 2.16. The molecule has 116 valence electrons. The monoisotopic (exact) mass is 300 g/mol. The second-order valence-corrected chi connectivity index (χ2v) is 5.58. The molecule has 0 saturated carbocycles. The van der Waals surface area contributed by atoms with Crippen LogP contribution in [0.4, 0.5) is 5.82 Å². The molecule has 2 heterocycles. The molecule has 6 heteroatoms. The van der Waals surface area contributed by atoms with Crippen molar-refractivity contribution in [3.05, 3.63) is 62.8 Å². The van der Waals surface area contributed by atoms with Crippen LogP contribution in [0.15, 0.2) is 46.0 Å². The van der Waals surface area contributed by atoms with Gasteiger partial charge in [-0.05, 0) is 12.0 Å². The maximum Gasteiger partial charge on any atom is 0.327 e. The molecular weight excluding hydrogens is 280 g/mol. The second kappa shape index (κ2) is 6.62. The molecule has 2 N–H and O–H groups in total. The Morgan fingerprint density at radius 2 is 1.77 bits per heavy atom. The largest absolute Gasteiger partial charge is 0.357 e. The van der Waals surface area contributed by atoms with E-state index in [-0.39, 0.29) is 5.56 Å². The van der Waals surface area contributed by atoms with Gasteiger partial charge in [0.2, 0.25) is 0 Å². The summed E-state index contributed by atoms with van der Waals surface area (Å²) in [5.41, 5.74) is 0.498. The molecule has 1 fully saturated rings. The van der Waals surface area contributed by atoms with Gasteiger partial charge < -0.3 is 4.90 Å². The SMILES string of the molecule is O=c1cc(N2CCCN(Cc3ccccc3)CC2)[nH]c(=O)[nH]1. The van der Waals surface area contributed by atoms with Gasteiger partial charge >= 0.3 is 5.69 Å². The highest BCUT2D eigenvalue weighted by atomic mass is 16.2. The van der Waals surface area contributed by atoms with Crippen molar-refractivity contribution in [3.63, 3.8) is 0 Å². The summed E-state index contributed by atoms with van der Waals surface area (Å²) in [4.78, 5) is 32.2. The maximum atomic E-state index is 11.4. The fraction of sp³-hybridized carbons (Fsp3) is 0.375. The van der Waals surface area contributed by atoms with E-state index in [1.165, 1.54) is 11.6 Å². The molecule has 0 unspecified atom stereocenters. The van der Waals surface area contributed by atoms with Crippen LogP contribution in [0.5, 0.6) is 0 Å². The number of rotatable bonds is 3. The van der Waals surface area contributed by atoms with Gasteiger partial charge in [0.1, 0.15) is 5.82 Å². The third-order valence-corrected chi connectivity index (χ3v) is 3.92. The number of hydrogen-bond acceptors (Lipinski definition) is 4. The lowest BCUT2D eigenvalue weighted by Crippen LogP contribution is -2.33. The van der Waals surface area contributed by atoms with Gasteiger partial charge in [0.05, 0.1) is 0 Å². The van der Waals surface area contributed by atoms with Gasteiger partial charge in [-0.25, -0.2) is 4.79 Å². The average Bonchev–Trinajstić information content (AvgIpc) is 2.73. The Hall–Kier alpha value is -2.34. The number of H-pyrrole nitrogens is 2. The third kappa shape index (κ3) is 3.65. The van der Waals surface area contributed by atoms with E-state index in [0.717, 1.165) is 39.1 Å². The zero-order valence-electron chi connectivity index (χ0n) is 12.4. The van der Waals surface area contributed by atoms with Crippen molar-refractivity contribution >= 4 is 5.82 Å². The zero-order chi connectivity index (χ0) is 15.4. The summed E-state index contributed by atoms with van der Waals surface area (Å²) >= 11 is 0. The molecule has 0 amide bonds. The summed E-state index contributed by atoms with van der Waals surface area (Å²) in [5, 5.41) is 0. The molecular formula is C16H20N4O2. The van der Waals surface area contributed by atoms with Crippen LogP contribution < -0.4 is 16.1 Å². The standard InChI is InChI=1S/C16H20N4O2/c21-15-11-14(17-16(22)18-15)20-8-4-7-19(9-10-20)12-13-5-2-1-3-6-13/h1-3,5-6,11H,4,7-10,12H2,(H2,17,18,21,22). The molecule has 22 heavy (non-hydrogen) atoms. The smallest absolute Gasteiger partial charge is 0.327 e. The molecule has 3 rings (SSSR count). The first-order valence-electron chi connectivity index (χ1n) is 7.55. The average molecular weight is 300 g/mol. The van der Waals surface area contributed by atoms with Gasteiger partial charge in [0.25, 0.3) is 5.56 Å². The molecule has 1 aromatic heterocycles. The summed E-state index contributed by atoms with van der Waals surface area (Å²) in [7, 11) is 0. The Kier molecular flexibility index (Phi) is 4.39. The molecule has 1 aliphatic rings. The third-order valence-electron chi connectivity index (χ3n) is 3.92. The minimum atomic E-state index is -0.451. The zero-order valence-corrected chi connectivity index (χ0v) is 12.4. The van der Waals surface area contributed by atoms with Crippen molar-refractivity contribution in [3.8, 4) is 0 Å². The Balaban J connectivity index is 1.67. The van der Waals surface area contributed by atoms with Gasteiger partial charge in [0.15, 0.2) is 0 Å². The van der Waals surface area contributed by atoms with Crippen LogP contribution in [0.3, 0.4) is 0 Å². The molecule has 0 radical (unpaired) electrons. The Morgan fingerprint density at radius 3 is 2.55 bits per heavy atom. The number of nitrogens with one attached hydrogen (secondary N) is 2. The topological polar surface area (TPSA) is 72.2 Å². The number of aromatic nitrogens is 2. The molecule has 1 saturated heterocycles. The predicted octanol–water partition coefficient (Wildman–Crippen LogP) is 0.775. The van der Waals surface area contributed by atoms with Crippen molar-refractivity contribution in [2.75, 3.05) is 31.1 Å². The highest BCUT2D eigenvalue weighted by Crippen LogP contribution is 2.12. The van der Waals surface area contributed by atoms with Crippen LogP contribution >= 0.6 is 0 Å². The lowest BCUT2D eigenvalue weighted by Gasteiger charge is -2.22. The fourth-order valence-corrected chi connectivity index (χ4v) is 2.84. The first kappa shape index (κ1) is 14.6. The van der Waals surface area contributed by atoms with Crippen molar-refractivity contribution < 1.29 is 0 Å². The van der Waals surface area contributed by atoms with Crippen molar-refractivity contribution in [2.24, 2.45) is 0 Å². The molecule has 0 spiro atoms. The summed E-state index contributed by atoms with van der Waals surface area (Å²) in [6.07, 6.45) is 1.00. The number of aromatic amines is 2. The van der Waals surface area contributed by atoms with E-state index in [4.69, 9.17) is 0 Å². The van der Waals surface area contributed by atoms with Crippen molar-refractivity contribution in [1.82, 2.24) is 14.9 Å². The van der Waals surface area contributed by atoms with Crippen LogP contribution in [-0.2, 0) is 6.54 Å². The van der Waals surface area contributed by atoms with E-state index in [0.29, 0.717) is 5.82 Å². The molecule has 6 nitrogen and oxygen atoms in total. The van der Waals surface area contributed by atoms with Crippen LogP contribution in [0, 0.1) is 0 Å². The number of nitrogens with zero attached hydrogens (tertiary/aromatic N) is 2. The number of hydrogen-bond donors (Lipinski definition) is 2. The van der Waals surface area contributed by atoms with E-state index >= 15 is 0 Å². The van der Waals surface area contributed by atoms with Crippen LogP contribution in [0.2, 0.25) is 0 Å². The summed E-state index contributed by atoms with van der Waals surface area (Å²) in [5.74, 6) is 0.607. The quantitative estimate of drug-likeness (QED) is 0.878. The predicted molar refractivity (Wildman–Crippen MR) is 86.2 cm³/mol. The summed E-state index contributed by atoms with van der Waals surface area (Å²) < 4.78 is 0. The maximum absolute atomic E-state index is 11.4. The number of benzene rings is 1. The molecule has 2 aromatic rings. The highest BCUT2D eigenvalue weighted by molar-refractivity contribution is 5.36. The van der Waals surface area contributed by atoms with Gasteiger partial charge in [-0.2, -0.15) is 0 Å². The van der Waals surface area contributed by atoms with Crippen LogP contribution in [0.1, 0.15) is 12.0 Å². The van der Waals surface area contributed by atoms with Gasteiger partial charge in [-0.1, -0.05) is 30.3 Å². The first-order valence-corrected chi connectivity index (χ1v) is 7.55. The molecule has 0 bridgehead atoms. The minimum Gasteiger partial charge on any atom is -0.357 e. The van der Waals surface area contributed by atoms with Crippen molar-refractivity contribution in [1.29, 1.82) is 0 Å². The molecule has 0 aliphatic carbocycles. The molecule has 0 atom stereocenters. The normalized spacial score (nSPS) is 16.5. The van der Waals surface area contributed by atoms with Gasteiger partial charge in [0, 0.05) is 38.8 Å². The van der Waals surface area contributed by atoms with E-state index in [2.05, 4.69) is 44.0 Å². The van der Waals surface area contributed by atoms with Crippen LogP contribution in [-0.4, -0.2) is 41.0 Å². The first-order chi connectivity index (χ1) is 10.7. The second-order valence-electron chi connectivity index (χ2n) is 5.58. The van der Waals surface area contributed by atoms with Crippen molar-refractivity contribution in [2.45, 2.75) is 13.0 Å². The van der Waals surface area contributed by atoms with E-state index in [1.54, 1.807) is 0 Å². The minimum absolute atomic E-state index is 0.357. The fourth-order valence-electron chi connectivity index (χ4n) is 2.84. The van der Waals surface area contributed by atoms with Gasteiger partial charge in [-0.3, -0.25) is 19.7 Å². The number of anilines is 1. The lowest BCUT2D eigenvalue weighted by molar-refractivity contribution is 0.285. The lowest BCUT2D eigenvalue weighted by atomic mass is 10.2. The van der Waals surface area contributed by atoms with Crippen LogP contribution in [0.25, 0.3) is 0 Å².